The molecule has 140 valence electrons. The van der Waals surface area contributed by atoms with Crippen LogP contribution in [0.1, 0.15) is 24.2 Å². The first-order valence-corrected chi connectivity index (χ1v) is 7.77. The molecule has 0 saturated carbocycles. The van der Waals surface area contributed by atoms with Crippen LogP contribution in [-0.2, 0) is 34.0 Å². The number of aliphatic carboxylic acids is 1. The third kappa shape index (κ3) is 4.50. The molecule has 1 N–H and O–H groups in total. The quantitative estimate of drug-likeness (QED) is 0.853. The number of carboxylic acid groups (broad SMARTS) is 1. The maximum atomic E-state index is 12.7. The molecule has 1 saturated heterocycles. The summed E-state index contributed by atoms with van der Waals surface area (Å²) in [7, 11) is 2.69. The monoisotopic (exact) mass is 363 g/mol. The van der Waals surface area contributed by atoms with E-state index in [-0.39, 0.29) is 23.9 Å². The van der Waals surface area contributed by atoms with Crippen molar-refractivity contribution in [3.05, 3.63) is 17.5 Å². The predicted molar refractivity (Wildman–Crippen MR) is 79.7 cm³/mol. The molecule has 2 heterocycles. The van der Waals surface area contributed by atoms with Gasteiger partial charge in [0.05, 0.1) is 6.42 Å². The second-order valence-corrected chi connectivity index (χ2v) is 6.03. The van der Waals surface area contributed by atoms with E-state index in [2.05, 4.69) is 5.10 Å². The normalized spacial score (nSPS) is 17.6. The van der Waals surface area contributed by atoms with Gasteiger partial charge in [0.2, 0.25) is 5.91 Å². The summed E-state index contributed by atoms with van der Waals surface area (Å²) in [6.07, 6.45) is -4.71. The number of aryl methyl sites for hydroxylation is 1. The van der Waals surface area contributed by atoms with Gasteiger partial charge in [-0.05, 0) is 24.8 Å². The Kier molecular flexibility index (Phi) is 5.71. The van der Waals surface area contributed by atoms with E-state index in [0.29, 0.717) is 25.9 Å². The van der Waals surface area contributed by atoms with Gasteiger partial charge >= 0.3 is 12.1 Å². The Morgan fingerprint density at radius 2 is 2.00 bits per heavy atom. The van der Waals surface area contributed by atoms with Gasteiger partial charge < -0.3 is 14.7 Å². The van der Waals surface area contributed by atoms with E-state index >= 15 is 0 Å². The highest BCUT2D eigenvalue weighted by atomic mass is 19.4. The molecule has 1 aliphatic heterocycles. The lowest BCUT2D eigenvalue weighted by molar-refractivity contribution is -0.153. The Hall–Kier alpha value is -2.10. The minimum absolute atomic E-state index is 0.180. The Morgan fingerprint density at radius 3 is 2.44 bits per heavy atom. The zero-order valence-electron chi connectivity index (χ0n) is 13.9. The minimum atomic E-state index is -4.55. The number of aromatic nitrogens is 2. The van der Waals surface area contributed by atoms with Crippen molar-refractivity contribution in [2.24, 2.45) is 13.0 Å². The molecular weight excluding hydrogens is 343 g/mol. The van der Waals surface area contributed by atoms with Crippen LogP contribution in [0, 0.1) is 5.92 Å². The fourth-order valence-electron chi connectivity index (χ4n) is 3.02. The Labute approximate surface area is 142 Å². The number of piperidine rings is 1. The van der Waals surface area contributed by atoms with Gasteiger partial charge in [0.1, 0.15) is 0 Å². The molecule has 0 aromatic carbocycles. The molecule has 0 spiro atoms. The SMILES string of the molecule is COC(C(=O)O)C1CCN(C(=O)Cc2cc(C(F)(F)F)nn2C)CC1. The van der Waals surface area contributed by atoms with Gasteiger partial charge in [-0.2, -0.15) is 18.3 Å². The lowest BCUT2D eigenvalue weighted by Crippen LogP contribution is -2.44. The van der Waals surface area contributed by atoms with Crippen molar-refractivity contribution in [1.29, 1.82) is 0 Å². The van der Waals surface area contributed by atoms with Crippen LogP contribution >= 0.6 is 0 Å². The molecule has 2 rings (SSSR count). The topological polar surface area (TPSA) is 84.7 Å². The van der Waals surface area contributed by atoms with Crippen LogP contribution in [0.4, 0.5) is 13.2 Å². The molecule has 7 nitrogen and oxygen atoms in total. The number of halogens is 3. The zero-order chi connectivity index (χ0) is 18.8. The number of hydrogen-bond acceptors (Lipinski definition) is 4. The maximum absolute atomic E-state index is 12.7. The van der Waals surface area contributed by atoms with Crippen molar-refractivity contribution in [3.8, 4) is 0 Å². The van der Waals surface area contributed by atoms with Crippen molar-refractivity contribution in [2.45, 2.75) is 31.5 Å². The minimum Gasteiger partial charge on any atom is -0.479 e. The summed E-state index contributed by atoms with van der Waals surface area (Å²) in [6.45, 7) is 0.696. The number of rotatable bonds is 5. The number of likely N-dealkylation sites (tertiary alicyclic amines) is 1. The summed E-state index contributed by atoms with van der Waals surface area (Å²) in [6, 6.07) is 0.871. The lowest BCUT2D eigenvalue weighted by atomic mass is 9.91. The summed E-state index contributed by atoms with van der Waals surface area (Å²) >= 11 is 0. The average Bonchev–Trinajstić information content (AvgIpc) is 2.89. The maximum Gasteiger partial charge on any atom is 0.435 e. The van der Waals surface area contributed by atoms with Crippen molar-refractivity contribution < 1.29 is 32.6 Å². The molecule has 10 heteroatoms. The second kappa shape index (κ2) is 7.42. The Morgan fingerprint density at radius 1 is 1.40 bits per heavy atom. The Bertz CT molecular complexity index is 636. The van der Waals surface area contributed by atoms with E-state index in [1.165, 1.54) is 19.1 Å². The fourth-order valence-corrected chi connectivity index (χ4v) is 3.02. The Balaban J connectivity index is 1.95. The van der Waals surface area contributed by atoms with Gasteiger partial charge in [-0.25, -0.2) is 4.79 Å². The number of carbonyl (C=O) groups is 2. The lowest BCUT2D eigenvalue weighted by Gasteiger charge is -2.34. The first-order chi connectivity index (χ1) is 11.6. The third-order valence-corrected chi connectivity index (χ3v) is 4.42. The summed E-state index contributed by atoms with van der Waals surface area (Å²) in [5, 5.41) is 12.5. The number of nitrogens with zero attached hydrogens (tertiary/aromatic N) is 3. The molecule has 0 aliphatic carbocycles. The van der Waals surface area contributed by atoms with Crippen LogP contribution in [0.2, 0.25) is 0 Å². The number of ether oxygens (including phenoxy) is 1. The smallest absolute Gasteiger partial charge is 0.435 e. The standard InChI is InChI=1S/C15H20F3N3O4/c1-20-10(7-11(19-20)15(16,17)18)8-12(22)21-5-3-9(4-6-21)13(25-2)14(23)24/h7,9,13H,3-6,8H2,1-2H3,(H,23,24). The zero-order valence-corrected chi connectivity index (χ0v) is 13.9. The van der Waals surface area contributed by atoms with E-state index in [1.807, 2.05) is 0 Å². The number of alkyl halides is 3. The van der Waals surface area contributed by atoms with Gasteiger partial charge in [0.15, 0.2) is 11.8 Å². The highest BCUT2D eigenvalue weighted by molar-refractivity contribution is 5.78. The molecule has 25 heavy (non-hydrogen) atoms. The van der Waals surface area contributed by atoms with Gasteiger partial charge in [-0.15, -0.1) is 0 Å². The number of methoxy groups -OCH3 is 1. The second-order valence-electron chi connectivity index (χ2n) is 6.03. The average molecular weight is 363 g/mol. The summed E-state index contributed by atoms with van der Waals surface area (Å²) in [4.78, 5) is 24.9. The van der Waals surface area contributed by atoms with E-state index in [1.54, 1.807) is 0 Å². The van der Waals surface area contributed by atoms with Crippen molar-refractivity contribution in [2.75, 3.05) is 20.2 Å². The molecule has 1 aromatic rings. The number of carboxylic acids is 1. The van der Waals surface area contributed by atoms with Crippen LogP contribution in [0.15, 0.2) is 6.07 Å². The largest absolute Gasteiger partial charge is 0.479 e. The van der Waals surface area contributed by atoms with Crippen LogP contribution in [0.25, 0.3) is 0 Å². The van der Waals surface area contributed by atoms with Gasteiger partial charge in [-0.3, -0.25) is 9.48 Å². The number of carbonyl (C=O) groups excluding carboxylic acids is 1. The predicted octanol–water partition coefficient (Wildman–Crippen LogP) is 1.32. The molecular formula is C15H20F3N3O4. The van der Waals surface area contributed by atoms with Gasteiger partial charge in [-0.1, -0.05) is 0 Å². The summed E-state index contributed by atoms with van der Waals surface area (Å²) < 4.78 is 44.0. The summed E-state index contributed by atoms with van der Waals surface area (Å²) in [5.74, 6) is -1.54. The van der Waals surface area contributed by atoms with E-state index in [0.717, 1.165) is 10.7 Å². The van der Waals surface area contributed by atoms with Crippen molar-refractivity contribution >= 4 is 11.9 Å². The highest BCUT2D eigenvalue weighted by Crippen LogP contribution is 2.29. The van der Waals surface area contributed by atoms with Gasteiger partial charge in [0, 0.05) is 32.9 Å². The van der Waals surface area contributed by atoms with Crippen molar-refractivity contribution in [3.63, 3.8) is 0 Å². The molecule has 1 aromatic heterocycles. The molecule has 1 aliphatic rings. The number of hydrogen-bond donors (Lipinski definition) is 1. The van der Waals surface area contributed by atoms with Crippen LogP contribution < -0.4 is 0 Å². The first-order valence-electron chi connectivity index (χ1n) is 7.77. The molecule has 1 atom stereocenters. The van der Waals surface area contributed by atoms with Gasteiger partial charge in [0.25, 0.3) is 0 Å². The van der Waals surface area contributed by atoms with Crippen LogP contribution in [0.5, 0.6) is 0 Å². The molecule has 0 radical (unpaired) electrons. The van der Waals surface area contributed by atoms with E-state index in [4.69, 9.17) is 9.84 Å². The molecule has 1 amide bonds. The van der Waals surface area contributed by atoms with Crippen molar-refractivity contribution in [1.82, 2.24) is 14.7 Å². The van der Waals surface area contributed by atoms with Crippen LogP contribution in [0.3, 0.4) is 0 Å². The van der Waals surface area contributed by atoms with E-state index < -0.39 is 23.9 Å². The van der Waals surface area contributed by atoms with E-state index in [9.17, 15) is 22.8 Å². The number of amides is 1. The third-order valence-electron chi connectivity index (χ3n) is 4.42. The highest BCUT2D eigenvalue weighted by Gasteiger charge is 2.36. The summed E-state index contributed by atoms with van der Waals surface area (Å²) in [5.41, 5.74) is -0.847. The first kappa shape index (κ1) is 19.2. The molecule has 1 fully saturated rings. The molecule has 0 bridgehead atoms. The molecule has 1 unspecified atom stereocenters. The fraction of sp³-hybridized carbons (Fsp3) is 0.667. The van der Waals surface area contributed by atoms with Crippen LogP contribution in [-0.4, -0.2) is 58.0 Å².